The van der Waals surface area contributed by atoms with E-state index in [1.54, 1.807) is 13.0 Å². The zero-order valence-corrected chi connectivity index (χ0v) is 15.9. The third-order valence-corrected chi connectivity index (χ3v) is 5.92. The fourth-order valence-electron chi connectivity index (χ4n) is 2.59. The molecule has 0 aliphatic heterocycles. The number of thiophene rings is 2. The first-order valence-electron chi connectivity index (χ1n) is 8.20. The quantitative estimate of drug-likeness (QED) is 0.581. The van der Waals surface area contributed by atoms with Crippen molar-refractivity contribution in [1.82, 2.24) is 5.32 Å². The molecule has 134 valence electrons. The molecular weight excluding hydrogens is 368 g/mol. The molecule has 7 heteroatoms. The van der Waals surface area contributed by atoms with Crippen molar-refractivity contribution in [3.05, 3.63) is 44.8 Å². The predicted molar refractivity (Wildman–Crippen MR) is 102 cm³/mol. The van der Waals surface area contributed by atoms with E-state index in [1.807, 2.05) is 35.0 Å². The molecule has 1 fully saturated rings. The SMILES string of the molecule is C[C@@](C#N)(NC(=O)COC(=O)/C(=C/c1cccs1)c1cccs1)C1CC1. The van der Waals surface area contributed by atoms with Crippen LogP contribution in [0.2, 0.25) is 0 Å². The molecule has 2 aromatic heterocycles. The molecule has 0 aromatic carbocycles. The Morgan fingerprint density at radius 2 is 2.08 bits per heavy atom. The van der Waals surface area contributed by atoms with Crippen LogP contribution in [0, 0.1) is 17.2 Å². The zero-order valence-electron chi connectivity index (χ0n) is 14.2. The van der Waals surface area contributed by atoms with Gasteiger partial charge < -0.3 is 10.1 Å². The third kappa shape index (κ3) is 4.40. The molecule has 1 amide bonds. The minimum Gasteiger partial charge on any atom is -0.452 e. The number of carbonyl (C=O) groups excluding carboxylic acids is 2. The lowest BCUT2D eigenvalue weighted by Gasteiger charge is -2.22. The first kappa shape index (κ1) is 18.4. The fraction of sp³-hybridized carbons (Fsp3) is 0.316. The molecule has 0 radical (unpaired) electrons. The van der Waals surface area contributed by atoms with Gasteiger partial charge in [-0.05, 0) is 54.7 Å². The highest BCUT2D eigenvalue weighted by Crippen LogP contribution is 2.39. The largest absolute Gasteiger partial charge is 0.452 e. The highest BCUT2D eigenvalue weighted by Gasteiger charge is 2.43. The van der Waals surface area contributed by atoms with Crippen molar-refractivity contribution in [1.29, 1.82) is 5.26 Å². The van der Waals surface area contributed by atoms with Crippen molar-refractivity contribution in [3.63, 3.8) is 0 Å². The maximum Gasteiger partial charge on any atom is 0.340 e. The Morgan fingerprint density at radius 3 is 2.65 bits per heavy atom. The lowest BCUT2D eigenvalue weighted by Crippen LogP contribution is -2.48. The molecule has 2 aromatic rings. The molecule has 0 bridgehead atoms. The monoisotopic (exact) mass is 386 g/mol. The van der Waals surface area contributed by atoms with Crippen LogP contribution >= 0.6 is 22.7 Å². The summed E-state index contributed by atoms with van der Waals surface area (Å²) in [5.41, 5.74) is -0.479. The van der Waals surface area contributed by atoms with Gasteiger partial charge in [0.15, 0.2) is 6.61 Å². The van der Waals surface area contributed by atoms with E-state index in [0.29, 0.717) is 5.57 Å². The maximum atomic E-state index is 12.5. The van der Waals surface area contributed by atoms with Crippen LogP contribution in [0.15, 0.2) is 35.0 Å². The number of hydrogen-bond acceptors (Lipinski definition) is 6. The van der Waals surface area contributed by atoms with E-state index in [1.165, 1.54) is 22.7 Å². The normalized spacial score (nSPS) is 16.4. The summed E-state index contributed by atoms with van der Waals surface area (Å²) in [7, 11) is 0. The Kier molecular flexibility index (Phi) is 5.55. The van der Waals surface area contributed by atoms with Crippen LogP contribution < -0.4 is 5.32 Å². The highest BCUT2D eigenvalue weighted by molar-refractivity contribution is 7.12. The van der Waals surface area contributed by atoms with E-state index in [4.69, 9.17) is 4.74 Å². The minimum absolute atomic E-state index is 0.174. The van der Waals surface area contributed by atoms with Gasteiger partial charge in [-0.25, -0.2) is 4.79 Å². The summed E-state index contributed by atoms with van der Waals surface area (Å²) in [5.74, 6) is -0.843. The van der Waals surface area contributed by atoms with Gasteiger partial charge in [-0.1, -0.05) is 12.1 Å². The lowest BCUT2D eigenvalue weighted by molar-refractivity contribution is -0.143. The summed E-state index contributed by atoms with van der Waals surface area (Å²) < 4.78 is 5.21. The van der Waals surface area contributed by atoms with Gasteiger partial charge in [-0.15, -0.1) is 22.7 Å². The van der Waals surface area contributed by atoms with Crippen molar-refractivity contribution in [3.8, 4) is 6.07 Å². The molecule has 0 unspecified atom stereocenters. The summed E-state index contributed by atoms with van der Waals surface area (Å²) in [6.45, 7) is 1.30. The number of esters is 1. The highest BCUT2D eigenvalue weighted by atomic mass is 32.1. The molecule has 2 heterocycles. The van der Waals surface area contributed by atoms with Crippen molar-refractivity contribution < 1.29 is 14.3 Å². The summed E-state index contributed by atoms with van der Waals surface area (Å²) in [6, 6.07) is 9.66. The van der Waals surface area contributed by atoms with E-state index in [-0.39, 0.29) is 5.92 Å². The number of nitrogens with one attached hydrogen (secondary N) is 1. The average molecular weight is 386 g/mol. The first-order chi connectivity index (χ1) is 12.5. The van der Waals surface area contributed by atoms with Gasteiger partial charge in [0.25, 0.3) is 5.91 Å². The molecule has 1 aliphatic carbocycles. The summed E-state index contributed by atoms with van der Waals surface area (Å²) in [6.07, 6.45) is 3.62. The van der Waals surface area contributed by atoms with Gasteiger partial charge in [-0.3, -0.25) is 4.79 Å². The van der Waals surface area contributed by atoms with E-state index in [2.05, 4.69) is 11.4 Å². The van der Waals surface area contributed by atoms with E-state index >= 15 is 0 Å². The van der Waals surface area contributed by atoms with E-state index in [0.717, 1.165) is 22.6 Å². The van der Waals surface area contributed by atoms with Crippen molar-refractivity contribution in [2.24, 2.45) is 5.92 Å². The standard InChI is InChI=1S/C19H18N2O3S2/c1-19(12-20,13-6-7-13)21-17(22)11-24-18(23)15(16-5-3-9-26-16)10-14-4-2-8-25-14/h2-5,8-10,13H,6-7,11H2,1H3,(H,21,22)/b15-10+/t19-/m0/s1. The van der Waals surface area contributed by atoms with Crippen molar-refractivity contribution >= 4 is 46.2 Å². The van der Waals surface area contributed by atoms with E-state index < -0.39 is 24.0 Å². The molecule has 0 saturated heterocycles. The second-order valence-electron chi connectivity index (χ2n) is 6.26. The molecule has 1 N–H and O–H groups in total. The molecule has 1 aliphatic rings. The minimum atomic E-state index is -0.896. The van der Waals surface area contributed by atoms with Gasteiger partial charge in [0.1, 0.15) is 5.54 Å². The first-order valence-corrected chi connectivity index (χ1v) is 9.96. The number of carbonyl (C=O) groups is 2. The number of hydrogen-bond donors (Lipinski definition) is 1. The Balaban J connectivity index is 1.65. The van der Waals surface area contributed by atoms with Crippen LogP contribution in [0.25, 0.3) is 11.6 Å². The number of nitriles is 1. The Morgan fingerprint density at radius 1 is 1.35 bits per heavy atom. The third-order valence-electron chi connectivity index (χ3n) is 4.20. The van der Waals surface area contributed by atoms with Crippen LogP contribution in [0.4, 0.5) is 0 Å². The number of amides is 1. The predicted octanol–water partition coefficient (Wildman–Crippen LogP) is 3.70. The Bertz CT molecular complexity index is 846. The van der Waals surface area contributed by atoms with Crippen molar-refractivity contribution in [2.75, 3.05) is 6.61 Å². The molecule has 0 spiro atoms. The Labute approximate surface area is 159 Å². The average Bonchev–Trinajstić information content (AvgIpc) is 3.13. The zero-order chi connectivity index (χ0) is 18.6. The van der Waals surface area contributed by atoms with Crippen LogP contribution in [-0.4, -0.2) is 24.0 Å². The lowest BCUT2D eigenvalue weighted by atomic mass is 9.98. The fourth-order valence-corrected chi connectivity index (χ4v) is 3.98. The smallest absolute Gasteiger partial charge is 0.340 e. The van der Waals surface area contributed by atoms with Crippen LogP contribution in [-0.2, 0) is 14.3 Å². The van der Waals surface area contributed by atoms with Crippen molar-refractivity contribution in [2.45, 2.75) is 25.3 Å². The molecule has 5 nitrogen and oxygen atoms in total. The molecule has 3 rings (SSSR count). The maximum absolute atomic E-state index is 12.5. The van der Waals surface area contributed by atoms with Gasteiger partial charge in [0.05, 0.1) is 11.6 Å². The van der Waals surface area contributed by atoms with E-state index in [9.17, 15) is 14.9 Å². The molecule has 26 heavy (non-hydrogen) atoms. The van der Waals surface area contributed by atoms with Crippen LogP contribution in [0.1, 0.15) is 29.5 Å². The summed E-state index contributed by atoms with van der Waals surface area (Å²) in [5, 5.41) is 15.8. The second kappa shape index (κ2) is 7.85. The summed E-state index contributed by atoms with van der Waals surface area (Å²) in [4.78, 5) is 26.4. The molecular formula is C19H18N2O3S2. The van der Waals surface area contributed by atoms with Crippen LogP contribution in [0.3, 0.4) is 0 Å². The molecule has 1 atom stereocenters. The summed E-state index contributed by atoms with van der Waals surface area (Å²) >= 11 is 2.95. The second-order valence-corrected chi connectivity index (χ2v) is 8.19. The number of nitrogens with zero attached hydrogens (tertiary/aromatic N) is 1. The van der Waals surface area contributed by atoms with Gasteiger partial charge in [-0.2, -0.15) is 5.26 Å². The van der Waals surface area contributed by atoms with Gasteiger partial charge >= 0.3 is 5.97 Å². The molecule has 1 saturated carbocycles. The number of ether oxygens (including phenoxy) is 1. The topological polar surface area (TPSA) is 79.2 Å². The van der Waals surface area contributed by atoms with Gasteiger partial charge in [0, 0.05) is 9.75 Å². The van der Waals surface area contributed by atoms with Crippen LogP contribution in [0.5, 0.6) is 0 Å². The number of rotatable bonds is 7. The Hall–Kier alpha value is -2.43. The van der Waals surface area contributed by atoms with Gasteiger partial charge in [0.2, 0.25) is 0 Å².